The summed E-state index contributed by atoms with van der Waals surface area (Å²) in [5.74, 6) is -1.02. The molecule has 0 spiro atoms. The number of carbonyl (C=O) groups is 3. The van der Waals surface area contributed by atoms with E-state index in [4.69, 9.17) is 16.3 Å². The molecule has 7 heteroatoms. The van der Waals surface area contributed by atoms with Crippen molar-refractivity contribution in [3.05, 3.63) is 70.2 Å². The molecule has 2 unspecified atom stereocenters. The lowest BCUT2D eigenvalue weighted by molar-refractivity contribution is -0.141. The summed E-state index contributed by atoms with van der Waals surface area (Å²) in [7, 11) is 1.29. The van der Waals surface area contributed by atoms with Crippen molar-refractivity contribution in [1.82, 2.24) is 10.6 Å². The van der Waals surface area contributed by atoms with Gasteiger partial charge in [-0.05, 0) is 24.1 Å². The summed E-state index contributed by atoms with van der Waals surface area (Å²) < 4.78 is 4.75. The lowest BCUT2D eigenvalue weighted by atomic mass is 10.00. The highest BCUT2D eigenvalue weighted by molar-refractivity contribution is 6.31. The molecule has 0 fully saturated rings. The van der Waals surface area contributed by atoms with E-state index in [0.717, 1.165) is 11.1 Å². The van der Waals surface area contributed by atoms with Crippen LogP contribution in [0.4, 0.5) is 0 Å². The van der Waals surface area contributed by atoms with E-state index in [1.54, 1.807) is 24.3 Å². The first-order valence-corrected chi connectivity index (χ1v) is 9.62. The van der Waals surface area contributed by atoms with E-state index in [9.17, 15) is 14.4 Å². The highest BCUT2D eigenvalue weighted by Crippen LogP contribution is 2.26. The molecule has 2 amide bonds. The number of halogens is 1. The van der Waals surface area contributed by atoms with Gasteiger partial charge >= 0.3 is 5.97 Å². The quantitative estimate of drug-likeness (QED) is 0.643. The Morgan fingerprint density at radius 2 is 1.62 bits per heavy atom. The molecule has 0 saturated heterocycles. The molecule has 2 N–H and O–H groups in total. The molecule has 0 aliphatic carbocycles. The summed E-state index contributed by atoms with van der Waals surface area (Å²) >= 11 is 6.25. The van der Waals surface area contributed by atoms with E-state index in [0.29, 0.717) is 10.6 Å². The van der Waals surface area contributed by atoms with Gasteiger partial charge in [-0.1, -0.05) is 59.6 Å². The van der Waals surface area contributed by atoms with E-state index in [2.05, 4.69) is 10.6 Å². The molecule has 0 radical (unpaired) electrons. The smallest absolute Gasteiger partial charge is 0.307 e. The van der Waals surface area contributed by atoms with Crippen LogP contribution in [0.15, 0.2) is 48.5 Å². The number of methoxy groups -OCH3 is 1. The Morgan fingerprint density at radius 1 is 0.966 bits per heavy atom. The van der Waals surface area contributed by atoms with Crippen LogP contribution in [-0.4, -0.2) is 24.9 Å². The van der Waals surface area contributed by atoms with Crippen LogP contribution >= 0.6 is 11.6 Å². The average Bonchev–Trinajstić information content (AvgIpc) is 2.67. The van der Waals surface area contributed by atoms with Gasteiger partial charge in [0.15, 0.2) is 0 Å². The summed E-state index contributed by atoms with van der Waals surface area (Å²) in [6, 6.07) is 13.5. The Kier molecular flexibility index (Phi) is 8.21. The van der Waals surface area contributed by atoms with Crippen molar-refractivity contribution in [2.75, 3.05) is 7.11 Å². The van der Waals surface area contributed by atoms with Crippen LogP contribution in [0.1, 0.15) is 48.5 Å². The van der Waals surface area contributed by atoms with Gasteiger partial charge in [-0.3, -0.25) is 14.4 Å². The Bertz CT molecular complexity index is 867. The number of hydrogen-bond acceptors (Lipinski definition) is 4. The SMILES string of the molecule is COC(=O)CC(NC(=O)CC(NC(C)=O)c1ccc(C)cc1)c1ccccc1Cl. The molecule has 2 atom stereocenters. The van der Waals surface area contributed by atoms with Crippen molar-refractivity contribution in [2.45, 2.75) is 38.8 Å². The first-order chi connectivity index (χ1) is 13.8. The van der Waals surface area contributed by atoms with Crippen molar-refractivity contribution >= 4 is 29.4 Å². The van der Waals surface area contributed by atoms with Crippen LogP contribution in [0.5, 0.6) is 0 Å². The van der Waals surface area contributed by atoms with Crippen molar-refractivity contribution in [3.63, 3.8) is 0 Å². The first-order valence-electron chi connectivity index (χ1n) is 9.24. The van der Waals surface area contributed by atoms with Crippen LogP contribution in [0.3, 0.4) is 0 Å². The minimum Gasteiger partial charge on any atom is -0.469 e. The lowest BCUT2D eigenvalue weighted by Crippen LogP contribution is -2.35. The second-order valence-corrected chi connectivity index (χ2v) is 7.20. The molecule has 2 rings (SSSR count). The predicted molar refractivity (Wildman–Crippen MR) is 111 cm³/mol. The van der Waals surface area contributed by atoms with Gasteiger partial charge in [0.05, 0.1) is 32.0 Å². The van der Waals surface area contributed by atoms with Crippen LogP contribution in [0.2, 0.25) is 5.02 Å². The molecule has 2 aromatic rings. The van der Waals surface area contributed by atoms with Gasteiger partial charge in [-0.2, -0.15) is 0 Å². The van der Waals surface area contributed by atoms with Crippen molar-refractivity contribution < 1.29 is 19.1 Å². The van der Waals surface area contributed by atoms with Crippen molar-refractivity contribution in [3.8, 4) is 0 Å². The average molecular weight is 417 g/mol. The fraction of sp³-hybridized carbons (Fsp3) is 0.318. The van der Waals surface area contributed by atoms with Gasteiger partial charge in [0, 0.05) is 11.9 Å². The van der Waals surface area contributed by atoms with Gasteiger partial charge in [0.1, 0.15) is 0 Å². The van der Waals surface area contributed by atoms with Crippen molar-refractivity contribution in [1.29, 1.82) is 0 Å². The number of benzene rings is 2. The van der Waals surface area contributed by atoms with Gasteiger partial charge in [-0.25, -0.2) is 0 Å². The molecule has 6 nitrogen and oxygen atoms in total. The second kappa shape index (κ2) is 10.6. The van der Waals surface area contributed by atoms with Crippen LogP contribution in [-0.2, 0) is 19.1 Å². The maximum Gasteiger partial charge on any atom is 0.307 e. The second-order valence-electron chi connectivity index (χ2n) is 6.79. The van der Waals surface area contributed by atoms with Crippen LogP contribution in [0, 0.1) is 6.92 Å². The van der Waals surface area contributed by atoms with Gasteiger partial charge in [-0.15, -0.1) is 0 Å². The maximum absolute atomic E-state index is 12.8. The zero-order valence-corrected chi connectivity index (χ0v) is 17.5. The standard InChI is InChI=1S/C22H25ClN2O4/c1-14-8-10-16(11-9-14)19(24-15(2)26)12-21(27)25-20(13-22(28)29-3)17-6-4-5-7-18(17)23/h4-11,19-20H,12-13H2,1-3H3,(H,24,26)(H,25,27). The molecule has 0 aliphatic heterocycles. The molecular formula is C22H25ClN2O4. The number of carbonyl (C=O) groups excluding carboxylic acids is 3. The number of hydrogen-bond donors (Lipinski definition) is 2. The maximum atomic E-state index is 12.8. The summed E-state index contributed by atoms with van der Waals surface area (Å²) in [5.41, 5.74) is 2.53. The highest BCUT2D eigenvalue weighted by atomic mass is 35.5. The fourth-order valence-corrected chi connectivity index (χ4v) is 3.25. The monoisotopic (exact) mass is 416 g/mol. The molecule has 0 saturated carbocycles. The fourth-order valence-electron chi connectivity index (χ4n) is 2.98. The lowest BCUT2D eigenvalue weighted by Gasteiger charge is -2.22. The Labute approximate surface area is 175 Å². The number of aryl methyl sites for hydroxylation is 1. The normalized spacial score (nSPS) is 12.6. The van der Waals surface area contributed by atoms with Crippen LogP contribution in [0.25, 0.3) is 0 Å². The Hall–Kier alpha value is -2.86. The summed E-state index contributed by atoms with van der Waals surface area (Å²) in [4.78, 5) is 36.2. The third-order valence-corrected chi connectivity index (χ3v) is 4.81. The first kappa shape index (κ1) is 22.4. The predicted octanol–water partition coefficient (Wildman–Crippen LogP) is 3.64. The number of nitrogens with one attached hydrogen (secondary N) is 2. The molecule has 0 aromatic heterocycles. The molecular weight excluding hydrogens is 392 g/mol. The largest absolute Gasteiger partial charge is 0.469 e. The Morgan fingerprint density at radius 3 is 2.21 bits per heavy atom. The van der Waals surface area contributed by atoms with Crippen LogP contribution < -0.4 is 10.6 Å². The third-order valence-electron chi connectivity index (χ3n) is 4.46. The van der Waals surface area contributed by atoms with E-state index in [1.165, 1.54) is 14.0 Å². The Balaban J connectivity index is 2.19. The highest BCUT2D eigenvalue weighted by Gasteiger charge is 2.23. The molecule has 29 heavy (non-hydrogen) atoms. The molecule has 0 heterocycles. The number of amides is 2. The van der Waals surface area contributed by atoms with E-state index in [1.807, 2.05) is 31.2 Å². The zero-order chi connectivity index (χ0) is 21.4. The summed E-state index contributed by atoms with van der Waals surface area (Å²) in [5, 5.41) is 6.10. The molecule has 154 valence electrons. The number of rotatable bonds is 8. The minimum atomic E-state index is -0.639. The molecule has 2 aromatic carbocycles. The summed E-state index contributed by atoms with van der Waals surface area (Å²) in [6.45, 7) is 3.37. The molecule has 0 aliphatic rings. The van der Waals surface area contributed by atoms with Crippen molar-refractivity contribution in [2.24, 2.45) is 0 Å². The van der Waals surface area contributed by atoms with Gasteiger partial charge < -0.3 is 15.4 Å². The third kappa shape index (κ3) is 6.91. The van der Waals surface area contributed by atoms with Gasteiger partial charge in [0.2, 0.25) is 11.8 Å². The topological polar surface area (TPSA) is 84.5 Å². The molecule has 0 bridgehead atoms. The van der Waals surface area contributed by atoms with E-state index in [-0.39, 0.29) is 24.7 Å². The van der Waals surface area contributed by atoms with E-state index < -0.39 is 18.1 Å². The summed E-state index contributed by atoms with van der Waals surface area (Å²) in [6.07, 6.45) is -0.0356. The number of esters is 1. The van der Waals surface area contributed by atoms with E-state index >= 15 is 0 Å². The zero-order valence-electron chi connectivity index (χ0n) is 16.7. The number of ether oxygens (including phenoxy) is 1. The minimum absolute atomic E-state index is 0.0186. The van der Waals surface area contributed by atoms with Gasteiger partial charge in [0.25, 0.3) is 0 Å².